The molecule has 0 aliphatic rings. The first kappa shape index (κ1) is 22.6. The van der Waals surface area contributed by atoms with E-state index in [4.69, 9.17) is 21.7 Å². The van der Waals surface area contributed by atoms with Crippen molar-refractivity contribution in [2.45, 2.75) is 6.54 Å². The molecule has 0 aromatic heterocycles. The molecule has 0 radical (unpaired) electrons. The number of halogens is 1. The number of methoxy groups -OCH3 is 2. The van der Waals surface area contributed by atoms with E-state index in [2.05, 4.69) is 31.9 Å². The number of carbonyl (C=O) groups excluding carboxylic acids is 1. The number of carbonyl (C=O) groups is 1. The van der Waals surface area contributed by atoms with Crippen LogP contribution >= 0.6 is 28.1 Å². The third-order valence-corrected chi connectivity index (χ3v) is 5.20. The molecule has 0 aliphatic heterocycles. The molecule has 0 heterocycles. The maximum Gasteiger partial charge on any atom is 0.255 e. The van der Waals surface area contributed by atoms with Crippen LogP contribution in [0.1, 0.15) is 15.9 Å². The van der Waals surface area contributed by atoms with E-state index in [1.165, 1.54) is 7.11 Å². The molecule has 8 heteroatoms. The van der Waals surface area contributed by atoms with Crippen LogP contribution in [0.3, 0.4) is 0 Å². The fourth-order valence-corrected chi connectivity index (χ4v) is 3.28. The first-order chi connectivity index (χ1) is 15.0. The Hall–Kier alpha value is -3.10. The number of amides is 1. The molecular weight excluding hydrogens is 478 g/mol. The van der Waals surface area contributed by atoms with Crippen molar-refractivity contribution >= 4 is 50.5 Å². The van der Waals surface area contributed by atoms with E-state index >= 15 is 0 Å². The first-order valence-corrected chi connectivity index (χ1v) is 10.6. The third kappa shape index (κ3) is 6.19. The number of thiocarbonyl (C=S) groups is 1. The van der Waals surface area contributed by atoms with Crippen molar-refractivity contribution in [2.75, 3.05) is 24.9 Å². The normalized spacial score (nSPS) is 10.2. The van der Waals surface area contributed by atoms with Crippen molar-refractivity contribution in [2.24, 2.45) is 0 Å². The number of ether oxygens (including phenoxy) is 2. The van der Waals surface area contributed by atoms with Crippen LogP contribution in [0.25, 0.3) is 0 Å². The molecule has 3 rings (SSSR count). The lowest BCUT2D eigenvalue weighted by Gasteiger charge is -2.17. The van der Waals surface area contributed by atoms with Gasteiger partial charge in [0.2, 0.25) is 0 Å². The lowest BCUT2D eigenvalue weighted by Crippen LogP contribution is -2.28. The Morgan fingerprint density at radius 3 is 2.06 bits per heavy atom. The van der Waals surface area contributed by atoms with E-state index in [-0.39, 0.29) is 5.91 Å². The van der Waals surface area contributed by atoms with Gasteiger partial charge in [0.25, 0.3) is 5.91 Å². The van der Waals surface area contributed by atoms with Crippen LogP contribution in [0.2, 0.25) is 0 Å². The lowest BCUT2D eigenvalue weighted by atomic mass is 10.2. The number of anilines is 2. The van der Waals surface area contributed by atoms with E-state index in [0.717, 1.165) is 10.0 Å². The topological polar surface area (TPSA) is 71.6 Å². The van der Waals surface area contributed by atoms with Crippen LogP contribution < -0.4 is 25.4 Å². The predicted molar refractivity (Wildman–Crippen MR) is 131 cm³/mol. The van der Waals surface area contributed by atoms with Crippen LogP contribution in [0, 0.1) is 0 Å². The number of nitrogens with one attached hydrogen (secondary N) is 3. The molecule has 0 aliphatic carbocycles. The van der Waals surface area contributed by atoms with Gasteiger partial charge in [-0.25, -0.2) is 0 Å². The predicted octanol–water partition coefficient (Wildman–Crippen LogP) is 5.21. The molecule has 0 bridgehead atoms. The van der Waals surface area contributed by atoms with Gasteiger partial charge in [-0.2, -0.15) is 0 Å². The molecule has 6 nitrogen and oxygen atoms in total. The minimum atomic E-state index is -0.256. The van der Waals surface area contributed by atoms with Gasteiger partial charge in [-0.15, -0.1) is 0 Å². The highest BCUT2D eigenvalue weighted by Gasteiger charge is 2.15. The summed E-state index contributed by atoms with van der Waals surface area (Å²) in [4.78, 5) is 12.6. The van der Waals surface area contributed by atoms with Crippen molar-refractivity contribution in [1.29, 1.82) is 0 Å². The van der Waals surface area contributed by atoms with Crippen molar-refractivity contribution < 1.29 is 14.3 Å². The fourth-order valence-electron chi connectivity index (χ4n) is 2.83. The van der Waals surface area contributed by atoms with Gasteiger partial charge in [-0.1, -0.05) is 46.3 Å². The Bertz CT molecular complexity index is 1060. The first-order valence-electron chi connectivity index (χ1n) is 9.42. The third-order valence-electron chi connectivity index (χ3n) is 4.42. The summed E-state index contributed by atoms with van der Waals surface area (Å²) in [5.74, 6) is 0.726. The van der Waals surface area contributed by atoms with Crippen LogP contribution in [-0.2, 0) is 6.54 Å². The minimum Gasteiger partial charge on any atom is -0.494 e. The summed E-state index contributed by atoms with van der Waals surface area (Å²) in [5.41, 5.74) is 2.74. The number of rotatable bonds is 7. The molecule has 0 fully saturated rings. The van der Waals surface area contributed by atoms with Gasteiger partial charge in [0.1, 0.15) is 11.5 Å². The molecule has 0 atom stereocenters. The second kappa shape index (κ2) is 10.8. The number of hydrogen-bond acceptors (Lipinski definition) is 4. The molecule has 0 spiro atoms. The quantitative estimate of drug-likeness (QED) is 0.387. The summed E-state index contributed by atoms with van der Waals surface area (Å²) in [6, 6.07) is 20.5. The Kier molecular flexibility index (Phi) is 7.86. The molecule has 3 aromatic rings. The van der Waals surface area contributed by atoms with E-state index in [9.17, 15) is 4.79 Å². The van der Waals surface area contributed by atoms with Crippen LogP contribution in [0.15, 0.2) is 71.2 Å². The van der Waals surface area contributed by atoms with Gasteiger partial charge in [-0.05, 0) is 42.0 Å². The second-order valence-corrected chi connectivity index (χ2v) is 7.83. The van der Waals surface area contributed by atoms with E-state index in [1.807, 2.05) is 42.5 Å². The zero-order valence-electron chi connectivity index (χ0n) is 17.1. The molecule has 0 unspecified atom stereocenters. The van der Waals surface area contributed by atoms with Gasteiger partial charge < -0.3 is 25.4 Å². The summed E-state index contributed by atoms with van der Waals surface area (Å²) >= 11 is 8.77. The van der Waals surface area contributed by atoms with Gasteiger partial charge in [-0.3, -0.25) is 4.79 Å². The average Bonchev–Trinajstić information content (AvgIpc) is 2.79. The molecular formula is C23H22BrN3O3S. The highest BCUT2D eigenvalue weighted by Crippen LogP contribution is 2.36. The van der Waals surface area contributed by atoms with Gasteiger partial charge in [0.15, 0.2) is 5.11 Å². The molecule has 1 amide bonds. The Labute approximate surface area is 195 Å². The van der Waals surface area contributed by atoms with Crippen molar-refractivity contribution in [3.05, 3.63) is 82.3 Å². The molecule has 0 saturated heterocycles. The van der Waals surface area contributed by atoms with Crippen molar-refractivity contribution in [3.63, 3.8) is 0 Å². The maximum absolute atomic E-state index is 12.6. The summed E-state index contributed by atoms with van der Waals surface area (Å²) in [6.07, 6.45) is 0. The zero-order valence-corrected chi connectivity index (χ0v) is 19.5. The number of benzene rings is 3. The Morgan fingerprint density at radius 2 is 1.48 bits per heavy atom. The SMILES string of the molecule is COc1cc(NC(=S)NCc2ccccc2)c(OC)cc1NC(=O)c1ccc(Br)cc1. The van der Waals surface area contributed by atoms with Gasteiger partial charge >= 0.3 is 0 Å². The Balaban J connectivity index is 1.74. The minimum absolute atomic E-state index is 0.256. The van der Waals surface area contributed by atoms with Crippen molar-refractivity contribution in [3.8, 4) is 11.5 Å². The van der Waals surface area contributed by atoms with Crippen LogP contribution in [0.4, 0.5) is 11.4 Å². The second-order valence-electron chi connectivity index (χ2n) is 6.51. The summed E-state index contributed by atoms with van der Waals surface area (Å²) in [5, 5.41) is 9.59. The fraction of sp³-hybridized carbons (Fsp3) is 0.130. The lowest BCUT2D eigenvalue weighted by molar-refractivity contribution is 0.102. The molecule has 160 valence electrons. The van der Waals surface area contributed by atoms with Gasteiger partial charge in [0, 0.05) is 28.7 Å². The molecule has 0 saturated carbocycles. The molecule has 31 heavy (non-hydrogen) atoms. The van der Waals surface area contributed by atoms with Gasteiger partial charge in [0.05, 0.1) is 25.6 Å². The van der Waals surface area contributed by atoms with E-state index < -0.39 is 0 Å². The highest BCUT2D eigenvalue weighted by molar-refractivity contribution is 9.10. The summed E-state index contributed by atoms with van der Waals surface area (Å²) < 4.78 is 11.9. The highest BCUT2D eigenvalue weighted by atomic mass is 79.9. The largest absolute Gasteiger partial charge is 0.494 e. The zero-order chi connectivity index (χ0) is 22.2. The van der Waals surface area contributed by atoms with Crippen LogP contribution in [-0.4, -0.2) is 25.2 Å². The van der Waals surface area contributed by atoms with Crippen molar-refractivity contribution in [1.82, 2.24) is 5.32 Å². The summed E-state index contributed by atoms with van der Waals surface area (Å²) in [7, 11) is 3.08. The van der Waals surface area contributed by atoms with E-state index in [1.54, 1.807) is 31.4 Å². The van der Waals surface area contributed by atoms with E-state index in [0.29, 0.717) is 40.1 Å². The smallest absolute Gasteiger partial charge is 0.255 e. The summed E-state index contributed by atoms with van der Waals surface area (Å²) in [6.45, 7) is 0.591. The monoisotopic (exact) mass is 499 g/mol. The average molecular weight is 500 g/mol. The molecule has 3 aromatic carbocycles. The molecule has 3 N–H and O–H groups in total. The van der Waals surface area contributed by atoms with Crippen LogP contribution in [0.5, 0.6) is 11.5 Å². The maximum atomic E-state index is 12.6. The standard InChI is InChI=1S/C23H22BrN3O3S/c1-29-20-13-19(27-23(31)25-14-15-6-4-3-5-7-15)21(30-2)12-18(20)26-22(28)16-8-10-17(24)11-9-16/h3-13H,14H2,1-2H3,(H,26,28)(H2,25,27,31). The Morgan fingerprint density at radius 1 is 0.903 bits per heavy atom. The number of hydrogen-bond donors (Lipinski definition) is 3.